The number of fused-ring (bicyclic) bond motifs is 10. The maximum absolute atomic E-state index is 13.5. The number of imide groups is 1. The van der Waals surface area contributed by atoms with Crippen molar-refractivity contribution in [2.75, 3.05) is 0 Å². The van der Waals surface area contributed by atoms with Gasteiger partial charge in [0.15, 0.2) is 5.60 Å². The van der Waals surface area contributed by atoms with E-state index in [2.05, 4.69) is 0 Å². The van der Waals surface area contributed by atoms with E-state index in [1.165, 1.54) is 30.3 Å². The Morgan fingerprint density at radius 2 is 1.30 bits per heavy atom. The van der Waals surface area contributed by atoms with E-state index in [1.807, 2.05) is 0 Å². The summed E-state index contributed by atoms with van der Waals surface area (Å²) in [5.41, 5.74) is -0.0516. The van der Waals surface area contributed by atoms with E-state index in [4.69, 9.17) is 14.3 Å². The normalized spacial score (nSPS) is 16.2. The molecule has 0 saturated carbocycles. The molecule has 5 aromatic rings. The first kappa shape index (κ1) is 24.9. The number of hydroxylamine groups is 2. The number of ether oxygens (including phenoxy) is 2. The topological polar surface area (TPSA) is 140 Å². The van der Waals surface area contributed by atoms with Gasteiger partial charge in [0.25, 0.3) is 11.8 Å². The number of esters is 1. The lowest BCUT2D eigenvalue weighted by atomic mass is 9.76. The molecule has 3 aliphatic rings. The van der Waals surface area contributed by atoms with Crippen molar-refractivity contribution in [1.82, 2.24) is 5.06 Å². The Morgan fingerprint density at radius 1 is 0.721 bits per heavy atom. The molecule has 2 N–H and O–H groups in total. The molecule has 0 aromatic heterocycles. The smallest absolute Gasteiger partial charge is 0.363 e. The second-order valence-electron chi connectivity index (χ2n) is 10.6. The molecular weight excluding hydrogens is 554 g/mol. The number of nitrogens with zero attached hydrogens (tertiary/aromatic N) is 1. The van der Waals surface area contributed by atoms with E-state index in [0.717, 1.165) is 0 Å². The fourth-order valence-corrected chi connectivity index (χ4v) is 6.18. The zero-order valence-corrected chi connectivity index (χ0v) is 22.1. The SMILES string of the molecule is O=C(ON1C(=O)CCC1=O)c1ccc2c(c1)C1(OC2=O)c2ccc3cc(O)ccc3c2Oc2c1ccc1cc(O)ccc21. The molecule has 8 rings (SSSR count). The number of rotatable bonds is 2. The van der Waals surface area contributed by atoms with Gasteiger partial charge in [-0.1, -0.05) is 12.1 Å². The van der Waals surface area contributed by atoms with Crippen LogP contribution in [0.3, 0.4) is 0 Å². The van der Waals surface area contributed by atoms with Gasteiger partial charge < -0.3 is 24.5 Å². The van der Waals surface area contributed by atoms with Gasteiger partial charge in [0, 0.05) is 40.3 Å². The Balaban J connectivity index is 1.39. The highest BCUT2D eigenvalue weighted by atomic mass is 16.7. The summed E-state index contributed by atoms with van der Waals surface area (Å²) in [5.74, 6) is -1.91. The first-order chi connectivity index (χ1) is 20.7. The molecule has 3 aliphatic heterocycles. The fourth-order valence-electron chi connectivity index (χ4n) is 6.18. The molecule has 43 heavy (non-hydrogen) atoms. The lowest BCUT2D eigenvalue weighted by Gasteiger charge is -2.37. The Hall–Kier alpha value is -5.90. The Kier molecular flexibility index (Phi) is 4.95. The molecule has 0 bridgehead atoms. The van der Waals surface area contributed by atoms with E-state index in [-0.39, 0.29) is 35.5 Å². The number of benzene rings is 5. The highest BCUT2D eigenvalue weighted by molar-refractivity contribution is 6.04. The minimum atomic E-state index is -1.57. The van der Waals surface area contributed by atoms with Crippen LogP contribution in [-0.2, 0) is 24.8 Å². The highest BCUT2D eigenvalue weighted by Gasteiger charge is 2.54. The average molecular weight is 574 g/mol. The summed E-state index contributed by atoms with van der Waals surface area (Å²) in [7, 11) is 0. The Bertz CT molecular complexity index is 2030. The summed E-state index contributed by atoms with van der Waals surface area (Å²) in [4.78, 5) is 56.0. The first-order valence-corrected chi connectivity index (χ1v) is 13.4. The second-order valence-corrected chi connectivity index (χ2v) is 10.6. The zero-order valence-electron chi connectivity index (χ0n) is 22.1. The molecule has 10 nitrogen and oxygen atoms in total. The summed E-state index contributed by atoms with van der Waals surface area (Å²) in [6.45, 7) is 0. The third-order valence-electron chi connectivity index (χ3n) is 8.15. The van der Waals surface area contributed by atoms with Crippen molar-refractivity contribution in [1.29, 1.82) is 0 Å². The molecular formula is C33H19NO9. The number of hydrogen-bond acceptors (Lipinski definition) is 9. The quantitative estimate of drug-likeness (QED) is 0.216. The van der Waals surface area contributed by atoms with Crippen molar-refractivity contribution in [3.63, 3.8) is 0 Å². The van der Waals surface area contributed by atoms with Crippen LogP contribution < -0.4 is 4.74 Å². The van der Waals surface area contributed by atoms with Crippen LogP contribution >= 0.6 is 0 Å². The number of phenolic OH excluding ortho intramolecular Hbond substituents is 2. The molecule has 5 aromatic carbocycles. The largest absolute Gasteiger partial charge is 0.508 e. The van der Waals surface area contributed by atoms with Crippen LogP contribution in [-0.4, -0.2) is 39.0 Å². The predicted octanol–water partition coefficient (Wildman–Crippen LogP) is 5.19. The van der Waals surface area contributed by atoms with Crippen LogP contribution in [0.5, 0.6) is 23.0 Å². The lowest BCUT2D eigenvalue weighted by molar-refractivity contribution is -0.172. The van der Waals surface area contributed by atoms with Crippen molar-refractivity contribution in [3.05, 3.63) is 107 Å². The third kappa shape index (κ3) is 3.40. The minimum absolute atomic E-state index is 0.00469. The van der Waals surface area contributed by atoms with Gasteiger partial charge in [-0.05, 0) is 77.5 Å². The molecule has 210 valence electrons. The van der Waals surface area contributed by atoms with Gasteiger partial charge in [-0.3, -0.25) is 9.59 Å². The maximum atomic E-state index is 13.5. The van der Waals surface area contributed by atoms with E-state index in [0.29, 0.717) is 54.8 Å². The molecule has 2 amide bonds. The number of aromatic hydroxyl groups is 2. The standard InChI is InChI=1S/C33H19NO9/c35-19-4-7-21-16(13-19)2-9-24-29(21)41-30-22-8-5-20(36)14-17(22)3-10-25(30)33(24)26-15-18(1-6-23(26)32(40)42-33)31(39)43-34-27(37)11-12-28(34)38/h1-10,13-15,35-36H,11-12H2. The molecule has 1 fully saturated rings. The molecule has 0 aliphatic carbocycles. The van der Waals surface area contributed by atoms with Crippen molar-refractivity contribution in [3.8, 4) is 23.0 Å². The van der Waals surface area contributed by atoms with E-state index in [9.17, 15) is 29.4 Å². The van der Waals surface area contributed by atoms with Crippen molar-refractivity contribution < 1.29 is 43.7 Å². The van der Waals surface area contributed by atoms with Crippen molar-refractivity contribution >= 4 is 45.3 Å². The first-order valence-electron chi connectivity index (χ1n) is 13.4. The Labute approximate surface area is 242 Å². The maximum Gasteiger partial charge on any atom is 0.363 e. The number of phenols is 2. The second kappa shape index (κ2) is 8.56. The van der Waals surface area contributed by atoms with Crippen LogP contribution in [0, 0.1) is 0 Å². The Morgan fingerprint density at radius 3 is 1.88 bits per heavy atom. The zero-order chi connectivity index (χ0) is 29.6. The molecule has 1 saturated heterocycles. The summed E-state index contributed by atoms with van der Waals surface area (Å²) < 4.78 is 12.9. The van der Waals surface area contributed by atoms with Crippen LogP contribution in [0.25, 0.3) is 21.5 Å². The molecule has 1 spiro atoms. The number of amides is 2. The fraction of sp³-hybridized carbons (Fsp3) is 0.0909. The van der Waals surface area contributed by atoms with Gasteiger partial charge >= 0.3 is 11.9 Å². The van der Waals surface area contributed by atoms with Gasteiger partial charge in [0.05, 0.1) is 11.1 Å². The van der Waals surface area contributed by atoms with E-state index in [1.54, 1.807) is 48.5 Å². The number of carbonyl (C=O) groups is 4. The van der Waals surface area contributed by atoms with Crippen LogP contribution in [0.2, 0.25) is 0 Å². The monoisotopic (exact) mass is 573 g/mol. The van der Waals surface area contributed by atoms with Crippen molar-refractivity contribution in [2.45, 2.75) is 18.4 Å². The van der Waals surface area contributed by atoms with Crippen LogP contribution in [0.4, 0.5) is 0 Å². The summed E-state index contributed by atoms with van der Waals surface area (Å²) in [5, 5.41) is 23.4. The van der Waals surface area contributed by atoms with Crippen molar-refractivity contribution in [2.24, 2.45) is 0 Å². The highest BCUT2D eigenvalue weighted by Crippen LogP contribution is 2.59. The molecule has 0 atom stereocenters. The molecule has 0 radical (unpaired) electrons. The number of hydrogen-bond donors (Lipinski definition) is 2. The van der Waals surface area contributed by atoms with Gasteiger partial charge in [-0.25, -0.2) is 9.59 Å². The van der Waals surface area contributed by atoms with Gasteiger partial charge in [-0.15, -0.1) is 5.06 Å². The minimum Gasteiger partial charge on any atom is -0.508 e. The van der Waals surface area contributed by atoms with E-state index < -0.39 is 29.4 Å². The van der Waals surface area contributed by atoms with Crippen LogP contribution in [0.15, 0.2) is 78.9 Å². The summed E-state index contributed by atoms with van der Waals surface area (Å²) in [6.07, 6.45) is -0.0977. The average Bonchev–Trinajstić information content (AvgIpc) is 3.47. The summed E-state index contributed by atoms with van der Waals surface area (Å²) in [6, 6.07) is 21.0. The van der Waals surface area contributed by atoms with Gasteiger partial charge in [0.2, 0.25) is 0 Å². The third-order valence-corrected chi connectivity index (χ3v) is 8.15. The van der Waals surface area contributed by atoms with Gasteiger partial charge in [-0.2, -0.15) is 0 Å². The number of carbonyl (C=O) groups excluding carboxylic acids is 4. The van der Waals surface area contributed by atoms with Crippen LogP contribution in [0.1, 0.15) is 50.2 Å². The van der Waals surface area contributed by atoms with E-state index >= 15 is 0 Å². The van der Waals surface area contributed by atoms with Gasteiger partial charge in [0.1, 0.15) is 23.0 Å². The summed E-state index contributed by atoms with van der Waals surface area (Å²) >= 11 is 0. The molecule has 10 heteroatoms. The molecule has 3 heterocycles. The lowest BCUT2D eigenvalue weighted by Crippen LogP contribution is -2.34. The molecule has 0 unspecified atom stereocenters. The predicted molar refractivity (Wildman–Crippen MR) is 150 cm³/mol.